The largest absolute Gasteiger partial charge is 0.335 e. The molecule has 0 radical (unpaired) electrons. The normalized spacial score (nSPS) is 10.8. The molecular weight excluding hydrogens is 310 g/mol. The van der Waals surface area contributed by atoms with Crippen LogP contribution >= 0.6 is 38.9 Å². The Morgan fingerprint density at radius 1 is 1.62 bits per heavy atom. The second-order valence-corrected chi connectivity index (χ2v) is 5.85. The highest BCUT2D eigenvalue weighted by Crippen LogP contribution is 2.24. The number of carbonyl (C=O) groups is 1. The van der Waals surface area contributed by atoms with Gasteiger partial charge in [0.05, 0.1) is 5.02 Å². The Labute approximate surface area is 114 Å². The summed E-state index contributed by atoms with van der Waals surface area (Å²) in [6.45, 7) is 4.80. The molecular formula is C11H15BrClNOS. The smallest absolute Gasteiger partial charge is 0.265 e. The number of carbonyl (C=O) groups excluding carboxylic acids is 1. The standard InChI is InChI=1S/C11H15BrClNOS/c1-8(2)14(6-3-5-12)11(15)10-9(13)4-7-16-10/h4,7-8H,3,5-6H2,1-2H3. The van der Waals surface area contributed by atoms with E-state index in [-0.39, 0.29) is 11.9 Å². The van der Waals surface area contributed by atoms with Gasteiger partial charge in [0, 0.05) is 17.9 Å². The van der Waals surface area contributed by atoms with Gasteiger partial charge in [0.15, 0.2) is 0 Å². The third-order valence-electron chi connectivity index (χ3n) is 2.23. The van der Waals surface area contributed by atoms with Crippen LogP contribution in [0.3, 0.4) is 0 Å². The third kappa shape index (κ3) is 3.47. The maximum atomic E-state index is 12.2. The van der Waals surface area contributed by atoms with Gasteiger partial charge in [-0.1, -0.05) is 27.5 Å². The molecule has 0 aromatic carbocycles. The molecule has 1 heterocycles. The molecule has 90 valence electrons. The van der Waals surface area contributed by atoms with E-state index in [0.717, 1.165) is 18.3 Å². The number of nitrogens with zero attached hydrogens (tertiary/aromatic N) is 1. The lowest BCUT2D eigenvalue weighted by molar-refractivity contribution is 0.0712. The van der Waals surface area contributed by atoms with E-state index >= 15 is 0 Å². The zero-order valence-corrected chi connectivity index (χ0v) is 12.5. The highest BCUT2D eigenvalue weighted by Gasteiger charge is 2.21. The van der Waals surface area contributed by atoms with Crippen molar-refractivity contribution in [3.05, 3.63) is 21.3 Å². The van der Waals surface area contributed by atoms with E-state index in [0.29, 0.717) is 9.90 Å². The van der Waals surface area contributed by atoms with Crippen molar-refractivity contribution in [2.75, 3.05) is 11.9 Å². The second-order valence-electron chi connectivity index (χ2n) is 3.73. The van der Waals surface area contributed by atoms with Crippen LogP contribution in [0.5, 0.6) is 0 Å². The van der Waals surface area contributed by atoms with Crippen LogP contribution in [0, 0.1) is 0 Å². The average Bonchev–Trinajstić information content (AvgIpc) is 2.64. The summed E-state index contributed by atoms with van der Waals surface area (Å²) in [5, 5.41) is 3.31. The number of hydrogen-bond acceptors (Lipinski definition) is 2. The fourth-order valence-corrected chi connectivity index (χ4v) is 2.74. The molecule has 16 heavy (non-hydrogen) atoms. The molecule has 1 amide bonds. The van der Waals surface area contributed by atoms with Crippen molar-refractivity contribution in [3.8, 4) is 0 Å². The molecule has 0 aliphatic rings. The Morgan fingerprint density at radius 2 is 2.31 bits per heavy atom. The zero-order chi connectivity index (χ0) is 12.1. The van der Waals surface area contributed by atoms with Crippen molar-refractivity contribution in [1.82, 2.24) is 4.90 Å². The molecule has 5 heteroatoms. The third-order valence-corrected chi connectivity index (χ3v) is 4.12. The molecule has 0 saturated carbocycles. The quantitative estimate of drug-likeness (QED) is 0.749. The van der Waals surface area contributed by atoms with Crippen LogP contribution in [0.25, 0.3) is 0 Å². The van der Waals surface area contributed by atoms with Gasteiger partial charge in [0.25, 0.3) is 5.91 Å². The summed E-state index contributed by atoms with van der Waals surface area (Å²) in [5.41, 5.74) is 0. The minimum absolute atomic E-state index is 0.0379. The molecule has 0 spiro atoms. The van der Waals surface area contributed by atoms with Crippen LogP contribution < -0.4 is 0 Å². The Hall–Kier alpha value is -0.0600. The Morgan fingerprint density at radius 3 is 2.75 bits per heavy atom. The molecule has 1 aromatic heterocycles. The SMILES string of the molecule is CC(C)N(CCCBr)C(=O)c1sccc1Cl. The fraction of sp³-hybridized carbons (Fsp3) is 0.545. The number of amides is 1. The summed E-state index contributed by atoms with van der Waals surface area (Å²) in [6.07, 6.45) is 0.951. The summed E-state index contributed by atoms with van der Waals surface area (Å²) < 4.78 is 0. The van der Waals surface area contributed by atoms with E-state index in [9.17, 15) is 4.79 Å². The first-order valence-electron chi connectivity index (χ1n) is 5.17. The van der Waals surface area contributed by atoms with Crippen molar-refractivity contribution >= 4 is 44.8 Å². The molecule has 0 atom stereocenters. The molecule has 0 N–H and O–H groups in total. The lowest BCUT2D eigenvalue weighted by Gasteiger charge is -2.26. The van der Waals surface area contributed by atoms with Gasteiger partial charge in [-0.3, -0.25) is 4.79 Å². The van der Waals surface area contributed by atoms with Crippen molar-refractivity contribution < 1.29 is 4.79 Å². The molecule has 1 aromatic rings. The zero-order valence-electron chi connectivity index (χ0n) is 9.37. The van der Waals surface area contributed by atoms with Crippen LogP contribution in [0.1, 0.15) is 29.9 Å². The van der Waals surface area contributed by atoms with Gasteiger partial charge >= 0.3 is 0 Å². The summed E-state index contributed by atoms with van der Waals surface area (Å²) >= 11 is 10.8. The lowest BCUT2D eigenvalue weighted by atomic mass is 10.2. The molecule has 0 fully saturated rings. The molecule has 1 rings (SSSR count). The molecule has 2 nitrogen and oxygen atoms in total. The van der Waals surface area contributed by atoms with E-state index in [1.165, 1.54) is 11.3 Å². The number of halogens is 2. The first-order chi connectivity index (χ1) is 7.57. The topological polar surface area (TPSA) is 20.3 Å². The van der Waals surface area contributed by atoms with Gasteiger partial charge in [0.2, 0.25) is 0 Å². The summed E-state index contributed by atoms with van der Waals surface area (Å²) in [7, 11) is 0. The summed E-state index contributed by atoms with van der Waals surface area (Å²) in [4.78, 5) is 14.7. The van der Waals surface area contributed by atoms with Gasteiger partial charge in [-0.15, -0.1) is 11.3 Å². The lowest BCUT2D eigenvalue weighted by Crippen LogP contribution is -2.37. The van der Waals surface area contributed by atoms with Gasteiger partial charge < -0.3 is 4.90 Å². The van der Waals surface area contributed by atoms with Crippen molar-refractivity contribution in [3.63, 3.8) is 0 Å². The van der Waals surface area contributed by atoms with Crippen LogP contribution in [0.15, 0.2) is 11.4 Å². The minimum Gasteiger partial charge on any atom is -0.335 e. The average molecular weight is 325 g/mol. The first kappa shape index (κ1) is 14.0. The van der Waals surface area contributed by atoms with Crippen LogP contribution in [-0.4, -0.2) is 28.7 Å². The van der Waals surface area contributed by atoms with E-state index < -0.39 is 0 Å². The van der Waals surface area contributed by atoms with E-state index in [1.807, 2.05) is 24.1 Å². The molecule has 0 saturated heterocycles. The van der Waals surface area contributed by atoms with Gasteiger partial charge in [-0.2, -0.15) is 0 Å². The maximum Gasteiger partial charge on any atom is 0.265 e. The Kier molecular flexibility index (Phi) is 5.79. The summed E-state index contributed by atoms with van der Waals surface area (Å²) in [6, 6.07) is 1.97. The first-order valence-corrected chi connectivity index (χ1v) is 7.55. The Bertz CT molecular complexity index is 354. The minimum atomic E-state index is 0.0379. The van der Waals surface area contributed by atoms with E-state index in [2.05, 4.69) is 15.9 Å². The second kappa shape index (κ2) is 6.62. The molecule has 0 unspecified atom stereocenters. The monoisotopic (exact) mass is 323 g/mol. The van der Waals surface area contributed by atoms with Crippen molar-refractivity contribution in [2.45, 2.75) is 26.3 Å². The molecule has 0 aliphatic carbocycles. The van der Waals surface area contributed by atoms with Gasteiger partial charge in [-0.05, 0) is 31.7 Å². The van der Waals surface area contributed by atoms with Crippen LogP contribution in [0.2, 0.25) is 5.02 Å². The van der Waals surface area contributed by atoms with E-state index in [4.69, 9.17) is 11.6 Å². The number of hydrogen-bond donors (Lipinski definition) is 0. The Balaban J connectivity index is 2.79. The predicted octanol–water partition coefficient (Wildman–Crippen LogP) is 4.04. The number of rotatable bonds is 5. The highest BCUT2D eigenvalue weighted by atomic mass is 79.9. The van der Waals surface area contributed by atoms with Gasteiger partial charge in [-0.25, -0.2) is 0 Å². The highest BCUT2D eigenvalue weighted by molar-refractivity contribution is 9.09. The van der Waals surface area contributed by atoms with E-state index in [1.54, 1.807) is 6.07 Å². The number of alkyl halides is 1. The van der Waals surface area contributed by atoms with Crippen LogP contribution in [0.4, 0.5) is 0 Å². The van der Waals surface area contributed by atoms with Gasteiger partial charge in [0.1, 0.15) is 4.88 Å². The van der Waals surface area contributed by atoms with Crippen molar-refractivity contribution in [1.29, 1.82) is 0 Å². The maximum absolute atomic E-state index is 12.2. The fourth-order valence-electron chi connectivity index (χ4n) is 1.40. The van der Waals surface area contributed by atoms with Crippen LogP contribution in [-0.2, 0) is 0 Å². The predicted molar refractivity (Wildman–Crippen MR) is 73.9 cm³/mol. The molecule has 0 aliphatic heterocycles. The van der Waals surface area contributed by atoms with Crippen molar-refractivity contribution in [2.24, 2.45) is 0 Å². The number of thiophene rings is 1. The summed E-state index contributed by atoms with van der Waals surface area (Å²) in [5.74, 6) is 0.0379. The molecule has 0 bridgehead atoms.